The van der Waals surface area contributed by atoms with E-state index in [0.717, 1.165) is 0 Å². The number of ketones is 2. The average molecular weight is 335 g/mol. The third-order valence-electron chi connectivity index (χ3n) is 3.50. The van der Waals surface area contributed by atoms with Crippen LogP contribution in [0.5, 0.6) is 17.2 Å². The molecule has 9 heteroatoms. The molecule has 23 heavy (non-hydrogen) atoms. The Hall–Kier alpha value is -2.91. The van der Waals surface area contributed by atoms with E-state index in [1.807, 2.05) is 0 Å². The first kappa shape index (κ1) is 15.0. The number of phenols is 3. The normalized spacial score (nSPS) is 13.6. The monoisotopic (exact) mass is 335 g/mol. The lowest BCUT2D eigenvalue weighted by Crippen LogP contribution is -2.22. The van der Waals surface area contributed by atoms with Crippen LogP contribution in [0.15, 0.2) is 29.2 Å². The SMILES string of the molecule is O=C1c2ccccc2C(=O)c2c(O)c(S(=O)(=O)[O-])c(O)c(O)c21. The zero-order chi connectivity index (χ0) is 17.1. The first-order valence-electron chi connectivity index (χ1n) is 6.11. The van der Waals surface area contributed by atoms with Gasteiger partial charge < -0.3 is 19.9 Å². The molecule has 118 valence electrons. The van der Waals surface area contributed by atoms with Crippen molar-refractivity contribution in [3.05, 3.63) is 46.5 Å². The number of hydrogen-bond donors (Lipinski definition) is 3. The fourth-order valence-electron chi connectivity index (χ4n) is 2.52. The topological polar surface area (TPSA) is 152 Å². The van der Waals surface area contributed by atoms with Gasteiger partial charge in [-0.25, -0.2) is 8.42 Å². The highest BCUT2D eigenvalue weighted by Crippen LogP contribution is 2.48. The van der Waals surface area contributed by atoms with E-state index in [2.05, 4.69) is 0 Å². The van der Waals surface area contributed by atoms with E-state index in [-0.39, 0.29) is 11.1 Å². The van der Waals surface area contributed by atoms with Crippen molar-refractivity contribution in [1.82, 2.24) is 0 Å². The zero-order valence-electron chi connectivity index (χ0n) is 11.1. The van der Waals surface area contributed by atoms with Crippen molar-refractivity contribution in [2.75, 3.05) is 0 Å². The minimum absolute atomic E-state index is 0.0863. The van der Waals surface area contributed by atoms with E-state index >= 15 is 0 Å². The molecule has 0 unspecified atom stereocenters. The van der Waals surface area contributed by atoms with Gasteiger partial charge >= 0.3 is 0 Å². The standard InChI is InChI=1S/C14H8O8S/c15-9-5-3-1-2-4-6(5)10(16)8-7(9)11(17)13(19)14(12(8)18)23(20,21)22/h1-4,17-19H,(H,20,21,22)/p-1. The maximum atomic E-state index is 12.4. The lowest BCUT2D eigenvalue weighted by molar-refractivity contribution is 0.0972. The molecule has 0 radical (unpaired) electrons. The van der Waals surface area contributed by atoms with Crippen LogP contribution in [-0.2, 0) is 10.1 Å². The average Bonchev–Trinajstić information content (AvgIpc) is 2.47. The number of phenolic OH excluding ortho intramolecular Hbond substituents is 3. The molecule has 0 fully saturated rings. The van der Waals surface area contributed by atoms with Crippen molar-refractivity contribution in [1.29, 1.82) is 0 Å². The van der Waals surface area contributed by atoms with Crippen molar-refractivity contribution >= 4 is 21.7 Å². The van der Waals surface area contributed by atoms with Crippen LogP contribution in [0.3, 0.4) is 0 Å². The van der Waals surface area contributed by atoms with Crippen LogP contribution in [0.2, 0.25) is 0 Å². The van der Waals surface area contributed by atoms with Crippen LogP contribution in [0, 0.1) is 0 Å². The molecular formula is C14H7O8S-. The Balaban J connectivity index is 2.50. The summed E-state index contributed by atoms with van der Waals surface area (Å²) in [4.78, 5) is 23.2. The lowest BCUT2D eigenvalue weighted by Gasteiger charge is -2.22. The van der Waals surface area contributed by atoms with Gasteiger partial charge in [-0.15, -0.1) is 0 Å². The Morgan fingerprint density at radius 2 is 1.22 bits per heavy atom. The maximum absolute atomic E-state index is 12.4. The van der Waals surface area contributed by atoms with Gasteiger partial charge in [-0.05, 0) is 0 Å². The van der Waals surface area contributed by atoms with Crippen molar-refractivity contribution in [2.45, 2.75) is 4.90 Å². The molecule has 8 nitrogen and oxygen atoms in total. The third-order valence-corrected chi connectivity index (χ3v) is 4.39. The van der Waals surface area contributed by atoms with Crippen LogP contribution < -0.4 is 0 Å². The maximum Gasteiger partial charge on any atom is 0.198 e. The predicted molar refractivity (Wildman–Crippen MR) is 72.7 cm³/mol. The molecule has 0 atom stereocenters. The molecule has 0 spiro atoms. The second-order valence-electron chi connectivity index (χ2n) is 4.78. The molecule has 0 bridgehead atoms. The highest BCUT2D eigenvalue weighted by atomic mass is 32.2. The van der Waals surface area contributed by atoms with Gasteiger partial charge in [0.15, 0.2) is 23.1 Å². The fraction of sp³-hybridized carbons (Fsp3) is 0. The summed E-state index contributed by atoms with van der Waals surface area (Å²) in [6.07, 6.45) is 0. The van der Waals surface area contributed by atoms with Crippen molar-refractivity contribution in [2.24, 2.45) is 0 Å². The summed E-state index contributed by atoms with van der Waals surface area (Å²) in [5.41, 5.74) is -1.80. The van der Waals surface area contributed by atoms with Gasteiger partial charge in [0.1, 0.15) is 20.8 Å². The number of carbonyl (C=O) groups is 2. The summed E-state index contributed by atoms with van der Waals surface area (Å²) in [7, 11) is -5.41. The number of fused-ring (bicyclic) bond motifs is 2. The molecule has 0 saturated heterocycles. The Bertz CT molecular complexity index is 1000. The molecule has 0 saturated carbocycles. The van der Waals surface area contributed by atoms with Gasteiger partial charge in [0.2, 0.25) is 0 Å². The molecule has 0 heterocycles. The minimum atomic E-state index is -5.41. The van der Waals surface area contributed by atoms with Crippen LogP contribution >= 0.6 is 0 Å². The molecule has 0 amide bonds. The summed E-state index contributed by atoms with van der Waals surface area (Å²) >= 11 is 0. The summed E-state index contributed by atoms with van der Waals surface area (Å²) in [5.74, 6) is -5.93. The summed E-state index contributed by atoms with van der Waals surface area (Å²) in [6.45, 7) is 0. The summed E-state index contributed by atoms with van der Waals surface area (Å²) in [6, 6.07) is 5.47. The van der Waals surface area contributed by atoms with E-state index in [1.54, 1.807) is 0 Å². The van der Waals surface area contributed by atoms with E-state index in [0.29, 0.717) is 0 Å². The van der Waals surface area contributed by atoms with Crippen molar-refractivity contribution < 1.29 is 37.9 Å². The molecule has 3 N–H and O–H groups in total. The van der Waals surface area contributed by atoms with Gasteiger partial charge in [0, 0.05) is 11.1 Å². The second-order valence-corrected chi connectivity index (χ2v) is 6.10. The van der Waals surface area contributed by atoms with Gasteiger partial charge in [0.05, 0.1) is 11.1 Å². The fourth-order valence-corrected chi connectivity index (χ4v) is 3.19. The first-order valence-corrected chi connectivity index (χ1v) is 7.52. The molecule has 1 aliphatic rings. The lowest BCUT2D eigenvalue weighted by atomic mass is 9.83. The molecule has 1 aliphatic carbocycles. The third kappa shape index (κ3) is 1.91. The quantitative estimate of drug-likeness (QED) is 0.330. The van der Waals surface area contributed by atoms with E-state index < -0.39 is 55.0 Å². The number of hydrogen-bond acceptors (Lipinski definition) is 8. The number of aromatic hydroxyl groups is 3. The minimum Gasteiger partial charge on any atom is -0.744 e. The van der Waals surface area contributed by atoms with Gasteiger partial charge in [-0.2, -0.15) is 0 Å². The smallest absolute Gasteiger partial charge is 0.198 e. The second kappa shape index (κ2) is 4.54. The van der Waals surface area contributed by atoms with Gasteiger partial charge in [-0.3, -0.25) is 9.59 Å². The highest BCUT2D eigenvalue weighted by Gasteiger charge is 2.38. The zero-order valence-corrected chi connectivity index (χ0v) is 11.9. The molecular weight excluding hydrogens is 328 g/mol. The Morgan fingerprint density at radius 3 is 1.65 bits per heavy atom. The molecule has 2 aromatic carbocycles. The Labute approximate surface area is 129 Å². The summed E-state index contributed by atoms with van der Waals surface area (Å²) in [5, 5.41) is 29.5. The van der Waals surface area contributed by atoms with Crippen molar-refractivity contribution in [3.8, 4) is 17.2 Å². The number of benzene rings is 2. The Kier molecular flexibility index (Phi) is 2.96. The predicted octanol–water partition coefficient (Wildman–Crippen LogP) is 0.483. The van der Waals surface area contributed by atoms with Crippen LogP contribution in [-0.4, -0.2) is 39.9 Å². The van der Waals surface area contributed by atoms with Crippen LogP contribution in [0.4, 0.5) is 0 Å². The number of rotatable bonds is 1. The number of carbonyl (C=O) groups excluding carboxylic acids is 2. The summed E-state index contributed by atoms with van der Waals surface area (Å²) < 4.78 is 33.5. The molecule has 0 aliphatic heterocycles. The molecule has 0 aromatic heterocycles. The largest absolute Gasteiger partial charge is 0.744 e. The van der Waals surface area contributed by atoms with Crippen LogP contribution in [0.25, 0.3) is 0 Å². The molecule has 2 aromatic rings. The first-order chi connectivity index (χ1) is 10.7. The van der Waals surface area contributed by atoms with Crippen LogP contribution in [0.1, 0.15) is 31.8 Å². The Morgan fingerprint density at radius 1 is 0.783 bits per heavy atom. The van der Waals surface area contributed by atoms with E-state index in [4.69, 9.17) is 0 Å². The van der Waals surface area contributed by atoms with Gasteiger partial charge in [0.25, 0.3) is 0 Å². The molecule has 3 rings (SSSR count). The van der Waals surface area contributed by atoms with E-state index in [9.17, 15) is 37.9 Å². The van der Waals surface area contributed by atoms with Gasteiger partial charge in [-0.1, -0.05) is 24.3 Å². The van der Waals surface area contributed by atoms with E-state index in [1.165, 1.54) is 24.3 Å². The van der Waals surface area contributed by atoms with Crippen molar-refractivity contribution in [3.63, 3.8) is 0 Å². The highest BCUT2D eigenvalue weighted by molar-refractivity contribution is 7.86.